The van der Waals surface area contributed by atoms with E-state index in [1.807, 2.05) is 45.2 Å². The van der Waals surface area contributed by atoms with Crippen molar-refractivity contribution in [3.63, 3.8) is 0 Å². The first-order valence-corrected chi connectivity index (χ1v) is 10.9. The van der Waals surface area contributed by atoms with Crippen LogP contribution in [0.2, 0.25) is 0 Å². The van der Waals surface area contributed by atoms with Gasteiger partial charge in [-0.15, -0.1) is 0 Å². The maximum atomic E-state index is 13.8. The first kappa shape index (κ1) is 21.6. The molecule has 0 spiro atoms. The number of carboxylic acid groups (broad SMARTS) is 1. The number of hydrogen-bond donors (Lipinski definition) is 2. The molecule has 2 heterocycles. The Bertz CT molecular complexity index is 1430. The molecule has 0 bridgehead atoms. The third-order valence-electron chi connectivity index (χ3n) is 6.20. The molecule has 7 heteroatoms. The molecule has 0 aliphatic rings. The third-order valence-corrected chi connectivity index (χ3v) is 6.20. The van der Waals surface area contributed by atoms with Crippen molar-refractivity contribution in [3.05, 3.63) is 80.6 Å². The van der Waals surface area contributed by atoms with Crippen LogP contribution in [0.4, 0.5) is 0 Å². The molecule has 0 fully saturated rings. The van der Waals surface area contributed by atoms with Crippen molar-refractivity contribution in [2.75, 3.05) is 0 Å². The van der Waals surface area contributed by atoms with Crippen molar-refractivity contribution in [2.24, 2.45) is 0 Å². The Morgan fingerprint density at radius 3 is 2.56 bits per heavy atom. The number of aryl methyl sites for hydroxylation is 1. The van der Waals surface area contributed by atoms with Gasteiger partial charge in [0.2, 0.25) is 0 Å². The van der Waals surface area contributed by atoms with Gasteiger partial charge in [0.15, 0.2) is 0 Å². The highest BCUT2D eigenvalue weighted by molar-refractivity contribution is 5.87. The maximum Gasteiger partial charge on any atom is 0.332 e. The van der Waals surface area contributed by atoms with Crippen LogP contribution in [0, 0.1) is 6.92 Å². The Labute approximate surface area is 184 Å². The van der Waals surface area contributed by atoms with E-state index in [1.54, 1.807) is 28.8 Å². The molecule has 0 aliphatic heterocycles. The molecule has 2 aromatic heterocycles. The second-order valence-corrected chi connectivity index (χ2v) is 8.30. The van der Waals surface area contributed by atoms with Crippen molar-refractivity contribution < 1.29 is 9.90 Å². The Morgan fingerprint density at radius 2 is 1.84 bits per heavy atom. The largest absolute Gasteiger partial charge is 0.481 e. The first-order chi connectivity index (χ1) is 15.3. The lowest BCUT2D eigenvalue weighted by Gasteiger charge is -2.23. The summed E-state index contributed by atoms with van der Waals surface area (Å²) < 4.78 is 2.77. The minimum atomic E-state index is -1.03. The van der Waals surface area contributed by atoms with Crippen LogP contribution < -0.4 is 11.2 Å². The standard InChI is InChI=1S/C25H27N3O4/c1-4-8-17(13-22(29)30)28-24(31)18-10-5-6-12-21(18)27(25(28)32)16(3)19-14-26-20-11-7-9-15(2)23(19)20/h5-7,9-12,14,16-17,26H,4,8,13H2,1-3H3,(H,29,30). The SMILES string of the molecule is CCCC(CC(=O)O)n1c(=O)c2ccccc2n(C(C)c2c[nH]c3cccc(C)c23)c1=O. The summed E-state index contributed by atoms with van der Waals surface area (Å²) in [5.41, 5.74) is 2.63. The summed E-state index contributed by atoms with van der Waals surface area (Å²) in [6, 6.07) is 11.9. The summed E-state index contributed by atoms with van der Waals surface area (Å²) in [5.74, 6) is -1.03. The summed E-state index contributed by atoms with van der Waals surface area (Å²) in [6.45, 7) is 5.87. The van der Waals surface area contributed by atoms with Gasteiger partial charge in [0.05, 0.1) is 29.4 Å². The number of rotatable bonds is 7. The van der Waals surface area contributed by atoms with E-state index >= 15 is 0 Å². The van der Waals surface area contributed by atoms with Gasteiger partial charge in [-0.25, -0.2) is 4.79 Å². The van der Waals surface area contributed by atoms with Crippen LogP contribution in [-0.4, -0.2) is 25.2 Å². The lowest BCUT2D eigenvalue weighted by Crippen LogP contribution is -2.43. The van der Waals surface area contributed by atoms with Gasteiger partial charge < -0.3 is 10.1 Å². The summed E-state index contributed by atoms with van der Waals surface area (Å²) in [4.78, 5) is 41.9. The maximum absolute atomic E-state index is 13.8. The molecule has 4 rings (SSSR count). The zero-order valence-electron chi connectivity index (χ0n) is 18.5. The number of para-hydroxylation sites is 1. The second kappa shape index (κ2) is 8.49. The van der Waals surface area contributed by atoms with E-state index in [9.17, 15) is 19.5 Å². The predicted molar refractivity (Wildman–Crippen MR) is 126 cm³/mol. The van der Waals surface area contributed by atoms with Crippen LogP contribution >= 0.6 is 0 Å². The fourth-order valence-electron chi connectivity index (χ4n) is 4.72. The zero-order valence-corrected chi connectivity index (χ0v) is 18.5. The number of nitrogens with zero attached hydrogens (tertiary/aromatic N) is 2. The van der Waals surface area contributed by atoms with E-state index in [2.05, 4.69) is 4.98 Å². The fraction of sp³-hybridized carbons (Fsp3) is 0.320. The van der Waals surface area contributed by atoms with Gasteiger partial charge in [0.25, 0.3) is 5.56 Å². The highest BCUT2D eigenvalue weighted by Crippen LogP contribution is 2.30. The predicted octanol–water partition coefficient (Wildman–Crippen LogP) is 4.38. The molecule has 2 atom stereocenters. The number of hydrogen-bond acceptors (Lipinski definition) is 3. The molecule has 0 amide bonds. The van der Waals surface area contributed by atoms with E-state index in [0.29, 0.717) is 23.7 Å². The number of H-pyrrole nitrogens is 1. The van der Waals surface area contributed by atoms with Gasteiger partial charge in [-0.2, -0.15) is 0 Å². The van der Waals surface area contributed by atoms with Gasteiger partial charge >= 0.3 is 11.7 Å². The van der Waals surface area contributed by atoms with Gasteiger partial charge in [0, 0.05) is 22.7 Å². The molecule has 4 aromatic rings. The van der Waals surface area contributed by atoms with E-state index in [-0.39, 0.29) is 12.5 Å². The topological polar surface area (TPSA) is 97.1 Å². The molecule has 2 aromatic carbocycles. The number of benzene rings is 2. The van der Waals surface area contributed by atoms with Crippen LogP contribution in [0.25, 0.3) is 21.8 Å². The van der Waals surface area contributed by atoms with Crippen molar-refractivity contribution in [2.45, 2.75) is 52.1 Å². The number of aromatic amines is 1. The van der Waals surface area contributed by atoms with Gasteiger partial charge in [-0.05, 0) is 44.0 Å². The molecular weight excluding hydrogens is 406 g/mol. The van der Waals surface area contributed by atoms with Crippen molar-refractivity contribution in [1.29, 1.82) is 0 Å². The molecular formula is C25H27N3O4. The van der Waals surface area contributed by atoms with Crippen molar-refractivity contribution >= 4 is 27.8 Å². The normalized spacial score (nSPS) is 13.5. The summed E-state index contributed by atoms with van der Waals surface area (Å²) in [7, 11) is 0. The highest BCUT2D eigenvalue weighted by Gasteiger charge is 2.25. The Balaban J connectivity index is 2.03. The minimum absolute atomic E-state index is 0.276. The minimum Gasteiger partial charge on any atom is -0.481 e. The molecule has 0 radical (unpaired) electrons. The molecule has 2 N–H and O–H groups in total. The number of aliphatic carboxylic acids is 1. The Kier molecular flexibility index (Phi) is 5.74. The summed E-state index contributed by atoms with van der Waals surface area (Å²) in [6.07, 6.45) is 2.72. The fourth-order valence-corrected chi connectivity index (χ4v) is 4.72. The monoisotopic (exact) mass is 433 g/mol. The van der Waals surface area contributed by atoms with Crippen LogP contribution in [0.5, 0.6) is 0 Å². The Hall–Kier alpha value is -3.61. The molecule has 2 unspecified atom stereocenters. The molecule has 7 nitrogen and oxygen atoms in total. The number of carbonyl (C=O) groups is 1. The molecule has 166 valence electrons. The van der Waals surface area contributed by atoms with Gasteiger partial charge in [-0.1, -0.05) is 37.6 Å². The van der Waals surface area contributed by atoms with Crippen LogP contribution in [0.1, 0.15) is 56.3 Å². The number of nitrogens with one attached hydrogen (secondary N) is 1. The number of fused-ring (bicyclic) bond motifs is 2. The zero-order chi connectivity index (χ0) is 23.0. The number of aromatic nitrogens is 3. The van der Waals surface area contributed by atoms with Crippen LogP contribution in [-0.2, 0) is 4.79 Å². The molecule has 0 saturated heterocycles. The van der Waals surface area contributed by atoms with E-state index in [1.165, 1.54) is 0 Å². The molecule has 0 aliphatic carbocycles. The average molecular weight is 434 g/mol. The smallest absolute Gasteiger partial charge is 0.332 e. The lowest BCUT2D eigenvalue weighted by molar-refractivity contribution is -0.138. The van der Waals surface area contributed by atoms with E-state index in [0.717, 1.165) is 26.6 Å². The first-order valence-electron chi connectivity index (χ1n) is 10.9. The van der Waals surface area contributed by atoms with Crippen molar-refractivity contribution in [1.82, 2.24) is 14.1 Å². The van der Waals surface area contributed by atoms with E-state index in [4.69, 9.17) is 0 Å². The quantitative estimate of drug-likeness (QED) is 0.452. The lowest BCUT2D eigenvalue weighted by atomic mass is 10.0. The number of carboxylic acids is 1. The Morgan fingerprint density at radius 1 is 1.09 bits per heavy atom. The van der Waals surface area contributed by atoms with Crippen molar-refractivity contribution in [3.8, 4) is 0 Å². The van der Waals surface area contributed by atoms with Gasteiger partial charge in [0.1, 0.15) is 0 Å². The third kappa shape index (κ3) is 3.53. The summed E-state index contributed by atoms with van der Waals surface area (Å²) in [5, 5.41) is 10.9. The van der Waals surface area contributed by atoms with Gasteiger partial charge in [-0.3, -0.25) is 18.7 Å². The second-order valence-electron chi connectivity index (χ2n) is 8.30. The van der Waals surface area contributed by atoms with Crippen LogP contribution in [0.15, 0.2) is 58.3 Å². The molecule has 32 heavy (non-hydrogen) atoms. The average Bonchev–Trinajstić information content (AvgIpc) is 3.19. The van der Waals surface area contributed by atoms with Crippen LogP contribution in [0.3, 0.4) is 0 Å². The van der Waals surface area contributed by atoms with E-state index < -0.39 is 23.3 Å². The summed E-state index contributed by atoms with van der Waals surface area (Å²) >= 11 is 0. The molecule has 0 saturated carbocycles. The highest BCUT2D eigenvalue weighted by atomic mass is 16.4.